The van der Waals surface area contributed by atoms with Gasteiger partial charge in [0, 0.05) is 49.7 Å². The molecule has 1 heterocycles. The highest BCUT2D eigenvalue weighted by Gasteiger charge is 2.19. The fraction of sp³-hybridized carbons (Fsp3) is 0.533. The Hall–Kier alpha value is -1.17. The number of carbonyl (C=O) groups is 1. The molecule has 1 aromatic rings. The van der Waals surface area contributed by atoms with E-state index in [4.69, 9.17) is 16.7 Å². The van der Waals surface area contributed by atoms with Gasteiger partial charge in [0.05, 0.1) is 0 Å². The first-order valence-electron chi connectivity index (χ1n) is 7.15. The number of rotatable bonds is 6. The van der Waals surface area contributed by atoms with Crippen molar-refractivity contribution in [3.63, 3.8) is 0 Å². The summed E-state index contributed by atoms with van der Waals surface area (Å²) in [6, 6.07) is 4.76. The van der Waals surface area contributed by atoms with E-state index in [1.54, 1.807) is 12.1 Å². The molecule has 116 valence electrons. The zero-order chi connectivity index (χ0) is 15.2. The van der Waals surface area contributed by atoms with Crippen LogP contribution in [0.25, 0.3) is 0 Å². The van der Waals surface area contributed by atoms with E-state index in [9.17, 15) is 9.18 Å². The van der Waals surface area contributed by atoms with Crippen LogP contribution in [0.5, 0.6) is 0 Å². The van der Waals surface area contributed by atoms with Crippen LogP contribution in [0.2, 0.25) is 5.02 Å². The Kier molecular flexibility index (Phi) is 5.96. The van der Waals surface area contributed by atoms with Gasteiger partial charge in [0.25, 0.3) is 0 Å². The van der Waals surface area contributed by atoms with Crippen molar-refractivity contribution < 1.29 is 14.3 Å². The molecular formula is C15H20ClFN2O2. The van der Waals surface area contributed by atoms with Gasteiger partial charge in [-0.25, -0.2) is 4.39 Å². The van der Waals surface area contributed by atoms with E-state index in [1.165, 1.54) is 6.07 Å². The molecule has 0 radical (unpaired) electrons. The number of aliphatic carboxylic acids is 1. The van der Waals surface area contributed by atoms with Crippen LogP contribution in [-0.4, -0.2) is 53.6 Å². The monoisotopic (exact) mass is 314 g/mol. The van der Waals surface area contributed by atoms with Crippen molar-refractivity contribution >= 4 is 17.6 Å². The van der Waals surface area contributed by atoms with Crippen LogP contribution in [0.3, 0.4) is 0 Å². The zero-order valence-corrected chi connectivity index (χ0v) is 12.7. The molecule has 1 fully saturated rings. The van der Waals surface area contributed by atoms with E-state index in [0.717, 1.165) is 32.7 Å². The van der Waals surface area contributed by atoms with Gasteiger partial charge >= 0.3 is 5.97 Å². The molecule has 0 aromatic heterocycles. The van der Waals surface area contributed by atoms with Crippen LogP contribution in [0.15, 0.2) is 18.2 Å². The molecule has 0 unspecified atom stereocenters. The Morgan fingerprint density at radius 1 is 1.24 bits per heavy atom. The molecule has 0 amide bonds. The van der Waals surface area contributed by atoms with E-state index < -0.39 is 5.97 Å². The lowest BCUT2D eigenvalue weighted by atomic mass is 10.1. The molecule has 1 aromatic carbocycles. The summed E-state index contributed by atoms with van der Waals surface area (Å²) in [6.45, 7) is 4.78. The number of nitrogens with zero attached hydrogens (tertiary/aromatic N) is 2. The van der Waals surface area contributed by atoms with E-state index in [0.29, 0.717) is 23.6 Å². The van der Waals surface area contributed by atoms with Crippen LogP contribution in [-0.2, 0) is 11.3 Å². The molecule has 1 aliphatic rings. The topological polar surface area (TPSA) is 43.8 Å². The smallest absolute Gasteiger partial charge is 0.303 e. The molecule has 1 N–H and O–H groups in total. The minimum Gasteiger partial charge on any atom is -0.481 e. The van der Waals surface area contributed by atoms with Gasteiger partial charge in [-0.3, -0.25) is 9.69 Å². The van der Waals surface area contributed by atoms with Gasteiger partial charge < -0.3 is 10.0 Å². The third-order valence-electron chi connectivity index (χ3n) is 3.77. The van der Waals surface area contributed by atoms with Crippen molar-refractivity contribution in [2.24, 2.45) is 0 Å². The summed E-state index contributed by atoms with van der Waals surface area (Å²) in [6.07, 6.45) is 0.888. The average Bonchev–Trinajstić information content (AvgIpc) is 2.44. The molecule has 21 heavy (non-hydrogen) atoms. The summed E-state index contributed by atoms with van der Waals surface area (Å²) in [5.41, 5.74) is 0.554. The van der Waals surface area contributed by atoms with Crippen molar-refractivity contribution in [2.75, 3.05) is 32.7 Å². The maximum absolute atomic E-state index is 13.7. The van der Waals surface area contributed by atoms with Crippen molar-refractivity contribution in [1.82, 2.24) is 9.80 Å². The first kappa shape index (κ1) is 16.2. The molecule has 1 saturated heterocycles. The van der Waals surface area contributed by atoms with Gasteiger partial charge in [-0.2, -0.15) is 0 Å². The molecule has 0 saturated carbocycles. The maximum atomic E-state index is 13.7. The molecule has 1 aliphatic heterocycles. The molecule has 2 rings (SSSR count). The van der Waals surface area contributed by atoms with Gasteiger partial charge in [0.1, 0.15) is 5.82 Å². The van der Waals surface area contributed by atoms with Gasteiger partial charge in [-0.15, -0.1) is 0 Å². The van der Waals surface area contributed by atoms with Gasteiger partial charge in [-0.1, -0.05) is 17.7 Å². The second kappa shape index (κ2) is 7.73. The van der Waals surface area contributed by atoms with Crippen LogP contribution >= 0.6 is 11.6 Å². The number of hydrogen-bond acceptors (Lipinski definition) is 3. The first-order chi connectivity index (χ1) is 10.1. The SMILES string of the molecule is O=C(O)CCCN1CCN(Cc2c(F)cccc2Cl)CC1. The first-order valence-corrected chi connectivity index (χ1v) is 7.53. The molecule has 0 atom stereocenters. The maximum Gasteiger partial charge on any atom is 0.303 e. The Bertz CT molecular complexity index is 470. The Morgan fingerprint density at radius 2 is 1.90 bits per heavy atom. The van der Waals surface area contributed by atoms with E-state index in [1.807, 2.05) is 0 Å². The fourth-order valence-corrected chi connectivity index (χ4v) is 2.75. The van der Waals surface area contributed by atoms with Crippen molar-refractivity contribution in [2.45, 2.75) is 19.4 Å². The molecular weight excluding hydrogens is 295 g/mol. The highest BCUT2D eigenvalue weighted by atomic mass is 35.5. The van der Waals surface area contributed by atoms with Crippen LogP contribution in [0.1, 0.15) is 18.4 Å². The molecule has 4 nitrogen and oxygen atoms in total. The second-order valence-electron chi connectivity index (χ2n) is 5.32. The Morgan fingerprint density at radius 3 is 2.52 bits per heavy atom. The molecule has 6 heteroatoms. The van der Waals surface area contributed by atoms with E-state index in [-0.39, 0.29) is 12.2 Å². The minimum atomic E-state index is -0.747. The lowest BCUT2D eigenvalue weighted by Gasteiger charge is -2.34. The van der Waals surface area contributed by atoms with Gasteiger partial charge in [0.2, 0.25) is 0 Å². The number of carboxylic acid groups (broad SMARTS) is 1. The summed E-state index contributed by atoms with van der Waals surface area (Å²) in [4.78, 5) is 14.9. The number of hydrogen-bond donors (Lipinski definition) is 1. The number of piperazine rings is 1. The van der Waals surface area contributed by atoms with E-state index >= 15 is 0 Å². The third kappa shape index (κ3) is 4.95. The fourth-order valence-electron chi connectivity index (χ4n) is 2.53. The van der Waals surface area contributed by atoms with Crippen molar-refractivity contribution in [3.05, 3.63) is 34.6 Å². The van der Waals surface area contributed by atoms with Gasteiger partial charge in [-0.05, 0) is 25.1 Å². The highest BCUT2D eigenvalue weighted by Crippen LogP contribution is 2.21. The minimum absolute atomic E-state index is 0.213. The predicted octanol–water partition coefficient (Wildman–Crippen LogP) is 2.46. The Balaban J connectivity index is 1.78. The summed E-state index contributed by atoms with van der Waals surface area (Å²) in [5.74, 6) is -1.01. The summed E-state index contributed by atoms with van der Waals surface area (Å²) >= 11 is 6.04. The third-order valence-corrected chi connectivity index (χ3v) is 4.13. The predicted molar refractivity (Wildman–Crippen MR) is 80.0 cm³/mol. The number of carboxylic acids is 1. The van der Waals surface area contributed by atoms with Crippen molar-refractivity contribution in [1.29, 1.82) is 0 Å². The molecule has 0 spiro atoms. The lowest BCUT2D eigenvalue weighted by molar-refractivity contribution is -0.137. The van der Waals surface area contributed by atoms with Crippen LogP contribution in [0.4, 0.5) is 4.39 Å². The second-order valence-corrected chi connectivity index (χ2v) is 5.72. The summed E-state index contributed by atoms with van der Waals surface area (Å²) in [7, 11) is 0. The zero-order valence-electron chi connectivity index (χ0n) is 11.9. The van der Waals surface area contributed by atoms with Crippen LogP contribution < -0.4 is 0 Å². The van der Waals surface area contributed by atoms with Crippen LogP contribution in [0, 0.1) is 5.82 Å². The summed E-state index contributed by atoms with van der Waals surface area (Å²) in [5, 5.41) is 9.10. The molecule has 0 aliphatic carbocycles. The highest BCUT2D eigenvalue weighted by molar-refractivity contribution is 6.31. The number of benzene rings is 1. The molecule has 0 bridgehead atoms. The Labute approximate surface area is 129 Å². The quantitative estimate of drug-likeness (QED) is 0.876. The van der Waals surface area contributed by atoms with E-state index in [2.05, 4.69) is 9.80 Å². The normalized spacial score (nSPS) is 17.0. The average molecular weight is 315 g/mol. The van der Waals surface area contributed by atoms with Crippen molar-refractivity contribution in [3.8, 4) is 0 Å². The number of halogens is 2. The largest absolute Gasteiger partial charge is 0.481 e. The standard InChI is InChI=1S/C15H20ClFN2O2/c16-13-3-1-4-14(17)12(13)11-19-9-7-18(8-10-19)6-2-5-15(20)21/h1,3-4H,2,5-11H2,(H,20,21). The lowest BCUT2D eigenvalue weighted by Crippen LogP contribution is -2.46. The van der Waals surface area contributed by atoms with Gasteiger partial charge in [0.15, 0.2) is 0 Å². The summed E-state index contributed by atoms with van der Waals surface area (Å²) < 4.78 is 13.7.